The zero-order valence-electron chi connectivity index (χ0n) is 14.2. The highest BCUT2D eigenvalue weighted by molar-refractivity contribution is 7.94. The molecule has 0 spiro atoms. The van der Waals surface area contributed by atoms with Crippen LogP contribution in [0.4, 0.5) is 0 Å². The summed E-state index contributed by atoms with van der Waals surface area (Å²) in [6.45, 7) is 4.11. The first-order valence-corrected chi connectivity index (χ1v) is 9.02. The monoisotopic (exact) mass is 377 g/mol. The molecule has 0 bridgehead atoms. The van der Waals surface area contributed by atoms with Gasteiger partial charge in [0.25, 0.3) is 0 Å². The number of β-lactam (4-membered cyclic amide) rings is 1. The van der Waals surface area contributed by atoms with Crippen LogP contribution in [0, 0.1) is 0 Å². The van der Waals surface area contributed by atoms with E-state index in [0.29, 0.717) is 0 Å². The van der Waals surface area contributed by atoms with Crippen molar-refractivity contribution < 1.29 is 41.8 Å². The van der Waals surface area contributed by atoms with Gasteiger partial charge in [0.1, 0.15) is 16.7 Å². The van der Waals surface area contributed by atoms with Crippen LogP contribution >= 0.6 is 0 Å². The summed E-state index contributed by atoms with van der Waals surface area (Å²) in [4.78, 5) is 47.3. The number of nitrogens with zero attached hydrogens (tertiary/aromatic N) is 1. The van der Waals surface area contributed by atoms with Crippen molar-refractivity contribution in [2.45, 2.75) is 56.6 Å². The number of esters is 3. The quantitative estimate of drug-likeness (QED) is 0.340. The highest BCUT2D eigenvalue weighted by Crippen LogP contribution is 2.46. The summed E-state index contributed by atoms with van der Waals surface area (Å²) < 4.78 is 38.1. The molecule has 140 valence electrons. The molecule has 2 fully saturated rings. The molecule has 1 unspecified atom stereocenters. The van der Waals surface area contributed by atoms with Gasteiger partial charge in [-0.25, -0.2) is 13.2 Å². The maximum atomic E-state index is 12.7. The molecule has 0 radical (unpaired) electrons. The molecule has 2 aliphatic rings. The summed E-state index contributed by atoms with van der Waals surface area (Å²) in [6, 6.07) is -1.50. The van der Waals surface area contributed by atoms with E-state index in [0.717, 1.165) is 18.7 Å². The minimum absolute atomic E-state index is 0.249. The Morgan fingerprint density at radius 1 is 1.24 bits per heavy atom. The van der Waals surface area contributed by atoms with Gasteiger partial charge in [-0.15, -0.1) is 0 Å². The summed E-state index contributed by atoms with van der Waals surface area (Å²) in [7, 11) is -3.99. The molecule has 0 aromatic rings. The van der Waals surface area contributed by atoms with Crippen LogP contribution in [-0.4, -0.2) is 66.2 Å². The van der Waals surface area contributed by atoms with E-state index >= 15 is 0 Å². The Balaban J connectivity index is 2.33. The van der Waals surface area contributed by atoms with Gasteiger partial charge >= 0.3 is 17.9 Å². The number of carbonyl (C=O) groups excluding carboxylic acids is 4. The van der Waals surface area contributed by atoms with Gasteiger partial charge in [-0.2, -0.15) is 0 Å². The first-order valence-electron chi connectivity index (χ1n) is 7.47. The number of carbonyl (C=O) groups is 4. The number of amides is 1. The summed E-state index contributed by atoms with van der Waals surface area (Å²) in [6.07, 6.45) is -1.51. The Morgan fingerprint density at radius 3 is 2.32 bits per heavy atom. The SMILES string of the molecule is CC(=O)OC[C@@]1(C)[C@H](C(=O)OC(C)OC(C)=O)N2C(=O)C[C@H]2S1(=O)=O. The first-order chi connectivity index (χ1) is 11.4. The number of hydrogen-bond donors (Lipinski definition) is 0. The number of fused-ring (bicyclic) bond motifs is 1. The Hall–Kier alpha value is -2.17. The maximum Gasteiger partial charge on any atom is 0.333 e. The number of hydrogen-bond acceptors (Lipinski definition) is 9. The van der Waals surface area contributed by atoms with Crippen LogP contribution in [0.1, 0.15) is 34.1 Å². The van der Waals surface area contributed by atoms with Crippen molar-refractivity contribution in [1.29, 1.82) is 0 Å². The van der Waals surface area contributed by atoms with Crippen LogP contribution in [0.2, 0.25) is 0 Å². The third kappa shape index (κ3) is 3.08. The number of sulfone groups is 1. The molecule has 0 aromatic heterocycles. The molecule has 25 heavy (non-hydrogen) atoms. The second-order valence-corrected chi connectivity index (χ2v) is 8.68. The lowest BCUT2D eigenvalue weighted by molar-refractivity contribution is -0.190. The third-order valence-corrected chi connectivity index (χ3v) is 6.96. The molecule has 2 rings (SSSR count). The fourth-order valence-corrected chi connectivity index (χ4v) is 5.25. The highest BCUT2D eigenvalue weighted by atomic mass is 32.2. The van der Waals surface area contributed by atoms with E-state index in [1.165, 1.54) is 13.8 Å². The van der Waals surface area contributed by atoms with Gasteiger partial charge in [-0.05, 0) is 6.92 Å². The minimum atomic E-state index is -3.99. The van der Waals surface area contributed by atoms with E-state index in [1.807, 2.05) is 0 Å². The molecule has 1 amide bonds. The molecule has 2 saturated heterocycles. The third-order valence-electron chi connectivity index (χ3n) is 4.21. The van der Waals surface area contributed by atoms with Gasteiger partial charge in [-0.3, -0.25) is 14.4 Å². The van der Waals surface area contributed by atoms with Gasteiger partial charge in [0.05, 0.1) is 6.42 Å². The normalized spacial score (nSPS) is 30.7. The zero-order valence-corrected chi connectivity index (χ0v) is 15.0. The van der Waals surface area contributed by atoms with Crippen molar-refractivity contribution in [1.82, 2.24) is 4.90 Å². The Labute approximate surface area is 144 Å². The number of ether oxygens (including phenoxy) is 3. The lowest BCUT2D eigenvalue weighted by atomic mass is 9.97. The van der Waals surface area contributed by atoms with Crippen molar-refractivity contribution in [3.05, 3.63) is 0 Å². The van der Waals surface area contributed by atoms with Crippen LogP contribution < -0.4 is 0 Å². The van der Waals surface area contributed by atoms with Crippen LogP contribution in [0.3, 0.4) is 0 Å². The predicted octanol–water partition coefficient (Wildman–Crippen LogP) is -0.884. The standard InChI is InChI=1S/C14H19NO9S/c1-7(16)22-6-14(4)12(13(19)24-9(3)23-8(2)17)15-10(18)5-11(15)25(14,20)21/h9,11-12H,5-6H2,1-4H3/t9?,11-,12+,14+/m1/s1. The first kappa shape index (κ1) is 19.2. The largest absolute Gasteiger partial charge is 0.464 e. The molecule has 11 heteroatoms. The van der Waals surface area contributed by atoms with Crippen molar-refractivity contribution in [2.75, 3.05) is 6.61 Å². The summed E-state index contributed by atoms with van der Waals surface area (Å²) >= 11 is 0. The molecule has 2 aliphatic heterocycles. The van der Waals surface area contributed by atoms with Gasteiger partial charge in [0, 0.05) is 20.8 Å². The average molecular weight is 377 g/mol. The Bertz CT molecular complexity index is 731. The Kier molecular flexibility index (Phi) is 4.81. The van der Waals surface area contributed by atoms with E-state index in [9.17, 15) is 27.6 Å². The maximum absolute atomic E-state index is 12.7. The summed E-state index contributed by atoms with van der Waals surface area (Å²) in [5.74, 6) is -3.00. The molecule has 10 nitrogen and oxygen atoms in total. The summed E-state index contributed by atoms with van der Waals surface area (Å²) in [5, 5.41) is -1.16. The van der Waals surface area contributed by atoms with Crippen LogP contribution in [0.25, 0.3) is 0 Å². The molecule has 0 saturated carbocycles. The fraction of sp³-hybridized carbons (Fsp3) is 0.714. The highest BCUT2D eigenvalue weighted by Gasteiger charge is 2.70. The topological polar surface area (TPSA) is 133 Å². The van der Waals surface area contributed by atoms with E-state index in [2.05, 4.69) is 4.74 Å². The van der Waals surface area contributed by atoms with Gasteiger partial charge in [0.15, 0.2) is 15.9 Å². The van der Waals surface area contributed by atoms with Crippen LogP contribution in [-0.2, 0) is 43.2 Å². The zero-order chi connectivity index (χ0) is 19.2. The average Bonchev–Trinajstić information content (AvgIpc) is 2.59. The van der Waals surface area contributed by atoms with Crippen molar-refractivity contribution in [3.63, 3.8) is 0 Å². The van der Waals surface area contributed by atoms with E-state index < -0.39 is 62.7 Å². The molecule has 0 aliphatic carbocycles. The van der Waals surface area contributed by atoms with Gasteiger partial charge in [-0.1, -0.05) is 0 Å². The van der Waals surface area contributed by atoms with Crippen molar-refractivity contribution in [2.24, 2.45) is 0 Å². The second-order valence-electron chi connectivity index (χ2n) is 6.11. The Morgan fingerprint density at radius 2 is 1.84 bits per heavy atom. The van der Waals surface area contributed by atoms with E-state index in [-0.39, 0.29) is 6.42 Å². The smallest absolute Gasteiger partial charge is 0.333 e. The molecule has 2 heterocycles. The summed E-state index contributed by atoms with van der Waals surface area (Å²) in [5.41, 5.74) is 0. The molecular weight excluding hydrogens is 358 g/mol. The lowest BCUT2D eigenvalue weighted by Crippen LogP contribution is -2.59. The van der Waals surface area contributed by atoms with Crippen LogP contribution in [0.5, 0.6) is 0 Å². The molecule has 4 atom stereocenters. The molecular formula is C14H19NO9S. The van der Waals surface area contributed by atoms with Gasteiger partial charge in [0.2, 0.25) is 12.2 Å². The fourth-order valence-electron chi connectivity index (χ4n) is 2.99. The lowest BCUT2D eigenvalue weighted by Gasteiger charge is -2.36. The molecule has 0 aromatic carbocycles. The van der Waals surface area contributed by atoms with E-state index in [1.54, 1.807) is 0 Å². The number of rotatable bonds is 5. The van der Waals surface area contributed by atoms with Crippen molar-refractivity contribution in [3.8, 4) is 0 Å². The second kappa shape index (κ2) is 6.28. The van der Waals surface area contributed by atoms with Crippen molar-refractivity contribution >= 4 is 33.7 Å². The van der Waals surface area contributed by atoms with Crippen LogP contribution in [0.15, 0.2) is 0 Å². The van der Waals surface area contributed by atoms with Gasteiger partial charge < -0.3 is 19.1 Å². The van der Waals surface area contributed by atoms with E-state index in [4.69, 9.17) is 9.47 Å². The predicted molar refractivity (Wildman–Crippen MR) is 80.3 cm³/mol. The minimum Gasteiger partial charge on any atom is -0.464 e. The molecule has 0 N–H and O–H groups in total.